The molecule has 12 heteroatoms. The number of aryl methyl sites for hydroxylation is 1. The van der Waals surface area contributed by atoms with Crippen LogP contribution in [0, 0.1) is 18.3 Å². The number of pyridine rings is 1. The number of nitrogens with zero attached hydrogens (tertiary/aromatic N) is 6. The van der Waals surface area contributed by atoms with E-state index in [0.717, 1.165) is 6.42 Å². The monoisotopic (exact) mass is 569 g/mol. The molecular formula is C27H29Cl2N7O3. The van der Waals surface area contributed by atoms with Crippen LogP contribution in [0.1, 0.15) is 56.3 Å². The standard InChI is InChI=1S/C27H29Cl2N7O3/c1-13(18-6-27(18,28)29)33-25(39)20-7-26(4)8-22(26)36(20)23(38)12-35-21-11-32-19(16-9-30-15(3)31-10-16)5-17(21)24(34-35)14(2)37/h5,9-11,13,18,20,22H,6-8,12H2,1-4H3,(H,33,39)/t13-,18?,20+,22-,26+/m1/s1. The van der Waals surface area contributed by atoms with Crippen molar-refractivity contribution in [2.75, 3.05) is 0 Å². The van der Waals surface area contributed by atoms with Crippen molar-refractivity contribution in [3.8, 4) is 11.3 Å². The summed E-state index contributed by atoms with van der Waals surface area (Å²) in [5.41, 5.74) is 2.05. The van der Waals surface area contributed by atoms with Gasteiger partial charge >= 0.3 is 0 Å². The molecule has 3 aromatic rings. The molecule has 0 aromatic carbocycles. The normalized spacial score (nSPS) is 27.2. The summed E-state index contributed by atoms with van der Waals surface area (Å²) in [7, 11) is 0. The van der Waals surface area contributed by atoms with Gasteiger partial charge in [0, 0.05) is 48.3 Å². The molecule has 1 unspecified atom stereocenters. The van der Waals surface area contributed by atoms with Crippen LogP contribution in [0.2, 0.25) is 0 Å². The molecule has 204 valence electrons. The first-order valence-electron chi connectivity index (χ1n) is 13.0. The first-order chi connectivity index (χ1) is 18.4. The van der Waals surface area contributed by atoms with Gasteiger partial charge in [-0.3, -0.25) is 24.0 Å². The van der Waals surface area contributed by atoms with Crippen LogP contribution >= 0.6 is 23.2 Å². The van der Waals surface area contributed by atoms with E-state index in [1.165, 1.54) is 11.6 Å². The Kier molecular flexibility index (Phi) is 6.00. The fourth-order valence-corrected chi connectivity index (χ4v) is 6.61. The number of alkyl halides is 2. The van der Waals surface area contributed by atoms with Crippen LogP contribution in [-0.2, 0) is 16.1 Å². The molecule has 2 saturated carbocycles. The molecule has 2 amide bonds. The molecule has 2 aliphatic carbocycles. The number of fused-ring (bicyclic) bond motifs is 2. The number of hydrogen-bond acceptors (Lipinski definition) is 7. The van der Waals surface area contributed by atoms with Crippen molar-refractivity contribution < 1.29 is 14.4 Å². The summed E-state index contributed by atoms with van der Waals surface area (Å²) in [5.74, 6) is -0.00341. The number of likely N-dealkylation sites (tertiary alicyclic amines) is 1. The molecule has 1 aliphatic heterocycles. The molecule has 6 rings (SSSR count). The van der Waals surface area contributed by atoms with E-state index in [1.807, 2.05) is 6.92 Å². The minimum Gasteiger partial charge on any atom is -0.351 e. The summed E-state index contributed by atoms with van der Waals surface area (Å²) in [6.07, 6.45) is 7.04. The first-order valence-corrected chi connectivity index (χ1v) is 13.8. The highest BCUT2D eigenvalue weighted by molar-refractivity contribution is 6.51. The molecule has 3 aliphatic rings. The second kappa shape index (κ2) is 8.96. The van der Waals surface area contributed by atoms with Crippen LogP contribution in [-0.4, -0.2) is 69.7 Å². The van der Waals surface area contributed by atoms with Crippen molar-refractivity contribution in [1.82, 2.24) is 34.9 Å². The smallest absolute Gasteiger partial charge is 0.245 e. The molecule has 3 fully saturated rings. The third kappa shape index (κ3) is 4.57. The second-order valence-corrected chi connectivity index (χ2v) is 13.0. The van der Waals surface area contributed by atoms with Crippen LogP contribution in [0.5, 0.6) is 0 Å². The number of nitrogens with one attached hydrogen (secondary N) is 1. The minimum atomic E-state index is -0.804. The first kappa shape index (κ1) is 26.1. The SMILES string of the molecule is CC(=O)c1nn(CC(=O)N2[C@H](C(=O)N[C@H](C)C3CC3(Cl)Cl)C[C@@]3(C)C[C@@H]23)c2cnc(-c3cnc(C)nc3)cc12. The largest absolute Gasteiger partial charge is 0.351 e. The van der Waals surface area contributed by atoms with Gasteiger partial charge in [0.25, 0.3) is 0 Å². The fourth-order valence-electron chi connectivity index (χ4n) is 5.90. The summed E-state index contributed by atoms with van der Waals surface area (Å²) in [6, 6.07) is 0.993. The highest BCUT2D eigenvalue weighted by Gasteiger charge is 2.64. The zero-order valence-corrected chi connectivity index (χ0v) is 23.6. The topological polar surface area (TPSA) is 123 Å². The summed E-state index contributed by atoms with van der Waals surface area (Å²) < 4.78 is 0.702. The van der Waals surface area contributed by atoms with E-state index < -0.39 is 10.4 Å². The van der Waals surface area contributed by atoms with E-state index >= 15 is 0 Å². The Labute approximate surface area is 235 Å². The summed E-state index contributed by atoms with van der Waals surface area (Å²) in [6.45, 7) is 7.12. The zero-order chi connectivity index (χ0) is 27.9. The Bertz CT molecular complexity index is 1520. The van der Waals surface area contributed by atoms with Crippen LogP contribution in [0.4, 0.5) is 0 Å². The molecule has 39 heavy (non-hydrogen) atoms. The molecule has 4 heterocycles. The molecule has 0 spiro atoms. The summed E-state index contributed by atoms with van der Waals surface area (Å²) in [4.78, 5) is 54.1. The van der Waals surface area contributed by atoms with Crippen molar-refractivity contribution in [1.29, 1.82) is 0 Å². The summed E-state index contributed by atoms with van der Waals surface area (Å²) in [5, 5.41) is 8.11. The highest BCUT2D eigenvalue weighted by Crippen LogP contribution is 2.59. The van der Waals surface area contributed by atoms with E-state index in [0.29, 0.717) is 40.8 Å². The van der Waals surface area contributed by atoms with Gasteiger partial charge in [-0.15, -0.1) is 23.2 Å². The third-order valence-corrected chi connectivity index (χ3v) is 9.28. The van der Waals surface area contributed by atoms with E-state index in [9.17, 15) is 14.4 Å². The third-order valence-electron chi connectivity index (χ3n) is 8.41. The Morgan fingerprint density at radius 3 is 2.46 bits per heavy atom. The Morgan fingerprint density at radius 2 is 1.82 bits per heavy atom. The van der Waals surface area contributed by atoms with Crippen molar-refractivity contribution >= 4 is 51.7 Å². The van der Waals surface area contributed by atoms with Crippen LogP contribution in [0.3, 0.4) is 0 Å². The molecule has 3 aromatic heterocycles. The zero-order valence-electron chi connectivity index (χ0n) is 22.1. The number of halogens is 2. The van der Waals surface area contributed by atoms with Crippen LogP contribution in [0.25, 0.3) is 22.2 Å². The van der Waals surface area contributed by atoms with E-state index in [4.69, 9.17) is 23.2 Å². The summed E-state index contributed by atoms with van der Waals surface area (Å²) >= 11 is 12.4. The van der Waals surface area contributed by atoms with Gasteiger partial charge in [-0.1, -0.05) is 6.92 Å². The fraction of sp³-hybridized carbons (Fsp3) is 0.519. The Morgan fingerprint density at radius 1 is 1.13 bits per heavy atom. The number of ketones is 1. The van der Waals surface area contributed by atoms with Gasteiger partial charge in [-0.2, -0.15) is 5.10 Å². The average Bonchev–Trinajstić information content (AvgIpc) is 3.63. The van der Waals surface area contributed by atoms with Crippen molar-refractivity contribution in [3.05, 3.63) is 36.2 Å². The van der Waals surface area contributed by atoms with E-state index in [1.54, 1.807) is 36.5 Å². The molecule has 1 saturated heterocycles. The second-order valence-electron chi connectivity index (χ2n) is 11.4. The Balaban J connectivity index is 1.26. The minimum absolute atomic E-state index is 0.00232. The number of hydrogen-bond donors (Lipinski definition) is 1. The number of amides is 2. The number of rotatable bonds is 7. The number of Topliss-reactive ketones (excluding diaryl/α,β-unsaturated/α-hetero) is 1. The van der Waals surface area contributed by atoms with Crippen molar-refractivity contribution in [3.63, 3.8) is 0 Å². The van der Waals surface area contributed by atoms with E-state index in [-0.39, 0.29) is 53.3 Å². The lowest BCUT2D eigenvalue weighted by atomic mass is 10.0. The van der Waals surface area contributed by atoms with Gasteiger partial charge in [-0.25, -0.2) is 9.97 Å². The van der Waals surface area contributed by atoms with Crippen LogP contribution in [0.15, 0.2) is 24.7 Å². The molecule has 10 nitrogen and oxygen atoms in total. The lowest BCUT2D eigenvalue weighted by Crippen LogP contribution is -2.51. The number of aromatic nitrogens is 5. The predicted octanol–water partition coefficient (Wildman–Crippen LogP) is 3.48. The maximum atomic E-state index is 13.7. The number of piperidine rings is 1. The molecule has 1 N–H and O–H groups in total. The van der Waals surface area contributed by atoms with Gasteiger partial charge < -0.3 is 10.2 Å². The van der Waals surface area contributed by atoms with Gasteiger partial charge in [0.1, 0.15) is 28.4 Å². The van der Waals surface area contributed by atoms with Crippen LogP contribution < -0.4 is 5.32 Å². The molecule has 0 radical (unpaired) electrons. The van der Waals surface area contributed by atoms with Gasteiger partial charge in [0.15, 0.2) is 5.78 Å². The Hall–Kier alpha value is -3.11. The predicted molar refractivity (Wildman–Crippen MR) is 145 cm³/mol. The molecule has 5 atom stereocenters. The van der Waals surface area contributed by atoms with Gasteiger partial charge in [0.05, 0.1) is 17.4 Å². The lowest BCUT2D eigenvalue weighted by molar-refractivity contribution is -0.140. The van der Waals surface area contributed by atoms with Gasteiger partial charge in [0.2, 0.25) is 11.8 Å². The number of carbonyl (C=O) groups excluding carboxylic acids is 3. The number of carbonyl (C=O) groups is 3. The maximum Gasteiger partial charge on any atom is 0.245 e. The quantitative estimate of drug-likeness (QED) is 0.341. The van der Waals surface area contributed by atoms with Gasteiger partial charge in [-0.05, 0) is 44.6 Å². The molecule has 0 bridgehead atoms. The molecular weight excluding hydrogens is 541 g/mol. The van der Waals surface area contributed by atoms with E-state index in [2.05, 4.69) is 32.3 Å². The van der Waals surface area contributed by atoms with Crippen molar-refractivity contribution in [2.24, 2.45) is 11.3 Å². The average molecular weight is 570 g/mol. The van der Waals surface area contributed by atoms with Crippen molar-refractivity contribution in [2.45, 2.75) is 76.0 Å². The highest BCUT2D eigenvalue weighted by atomic mass is 35.5. The maximum absolute atomic E-state index is 13.7. The lowest BCUT2D eigenvalue weighted by Gasteiger charge is -2.28.